The van der Waals surface area contributed by atoms with Crippen LogP contribution in [0.4, 0.5) is 18.0 Å². The molecule has 1 amide bonds. The van der Waals surface area contributed by atoms with Gasteiger partial charge in [0.05, 0.1) is 16.1 Å². The second kappa shape index (κ2) is 7.05. The molecule has 0 saturated carbocycles. The molecule has 1 aliphatic heterocycles. The number of nitrogens with zero attached hydrogens (tertiary/aromatic N) is 1. The van der Waals surface area contributed by atoms with E-state index in [2.05, 4.69) is 15.9 Å². The number of halogens is 4. The predicted octanol–water partition coefficient (Wildman–Crippen LogP) is 5.24. The van der Waals surface area contributed by atoms with Crippen molar-refractivity contribution in [1.82, 2.24) is 4.90 Å². The molecule has 0 N–H and O–H groups in total. The molecule has 2 atom stereocenters. The maximum absolute atomic E-state index is 12.9. The first-order valence-corrected chi connectivity index (χ1v) is 8.71. The Labute approximate surface area is 153 Å². The fraction of sp³-hybridized carbons (Fsp3) is 0.588. The minimum atomic E-state index is -4.44. The summed E-state index contributed by atoms with van der Waals surface area (Å²) in [5.41, 5.74) is -1.39. The Morgan fingerprint density at radius 2 is 1.92 bits per heavy atom. The van der Waals surface area contributed by atoms with E-state index >= 15 is 0 Å². The Bertz CT molecular complexity index is 643. The molecule has 1 heterocycles. The highest BCUT2D eigenvalue weighted by Gasteiger charge is 2.38. The maximum Gasteiger partial charge on any atom is 0.416 e. The number of ether oxygens (including phenoxy) is 2. The Hall–Kier alpha value is -1.44. The molecule has 1 saturated heterocycles. The topological polar surface area (TPSA) is 38.8 Å². The summed E-state index contributed by atoms with van der Waals surface area (Å²) in [5.74, 6) is 0.109. The van der Waals surface area contributed by atoms with E-state index in [-0.39, 0.29) is 11.8 Å². The standard InChI is InChI=1S/C17H21BrF3NO3/c1-10-13(7-8-22(10)15(23)25-16(2,3)4)24-14-9-11(17(19,20)21)5-6-12(14)18/h5-6,9-10,13H,7-8H2,1-4H3. The van der Waals surface area contributed by atoms with Gasteiger partial charge in [-0.2, -0.15) is 13.2 Å². The third-order valence-corrected chi connectivity index (χ3v) is 4.50. The van der Waals surface area contributed by atoms with Crippen LogP contribution in [-0.4, -0.2) is 35.3 Å². The average molecular weight is 424 g/mol. The quantitative estimate of drug-likeness (QED) is 0.652. The largest absolute Gasteiger partial charge is 0.487 e. The van der Waals surface area contributed by atoms with Gasteiger partial charge in [-0.15, -0.1) is 0 Å². The Balaban J connectivity index is 2.11. The van der Waals surface area contributed by atoms with E-state index in [9.17, 15) is 18.0 Å². The Morgan fingerprint density at radius 3 is 2.48 bits per heavy atom. The minimum absolute atomic E-state index is 0.109. The van der Waals surface area contributed by atoms with Crippen molar-refractivity contribution in [3.8, 4) is 5.75 Å². The van der Waals surface area contributed by atoms with Gasteiger partial charge >= 0.3 is 12.3 Å². The van der Waals surface area contributed by atoms with Crippen LogP contribution in [0.2, 0.25) is 0 Å². The molecule has 1 aromatic carbocycles. The highest BCUT2D eigenvalue weighted by molar-refractivity contribution is 9.10. The van der Waals surface area contributed by atoms with Crippen LogP contribution >= 0.6 is 15.9 Å². The fourth-order valence-corrected chi connectivity index (χ4v) is 2.92. The van der Waals surface area contributed by atoms with Crippen LogP contribution in [0.15, 0.2) is 22.7 Å². The van der Waals surface area contributed by atoms with E-state index < -0.39 is 29.5 Å². The summed E-state index contributed by atoms with van der Waals surface area (Å²) in [6, 6.07) is 2.95. The van der Waals surface area contributed by atoms with Gasteiger partial charge in [-0.1, -0.05) is 0 Å². The van der Waals surface area contributed by atoms with E-state index in [0.717, 1.165) is 12.1 Å². The fourth-order valence-electron chi connectivity index (χ4n) is 2.58. The SMILES string of the molecule is CC1C(Oc2cc(C(F)(F)F)ccc2Br)CCN1C(=O)OC(C)(C)C. The second-order valence-electron chi connectivity index (χ2n) is 7.00. The minimum Gasteiger partial charge on any atom is -0.487 e. The first kappa shape index (κ1) is 19.9. The molecule has 0 bridgehead atoms. The van der Waals surface area contributed by atoms with Gasteiger partial charge in [0.25, 0.3) is 0 Å². The zero-order chi connectivity index (χ0) is 19.0. The van der Waals surface area contributed by atoms with Crippen LogP contribution in [0.25, 0.3) is 0 Å². The molecule has 1 fully saturated rings. The van der Waals surface area contributed by atoms with Crippen LogP contribution in [0.1, 0.15) is 39.7 Å². The molecular formula is C17H21BrF3NO3. The number of likely N-dealkylation sites (tertiary alicyclic amines) is 1. The molecule has 1 aliphatic rings. The van der Waals surface area contributed by atoms with E-state index in [1.54, 1.807) is 27.7 Å². The van der Waals surface area contributed by atoms with Gasteiger partial charge in [-0.3, -0.25) is 0 Å². The van der Waals surface area contributed by atoms with Crippen molar-refractivity contribution in [3.05, 3.63) is 28.2 Å². The normalized spacial score (nSPS) is 21.4. The molecule has 4 nitrogen and oxygen atoms in total. The Kier molecular flexibility index (Phi) is 5.61. The van der Waals surface area contributed by atoms with Gasteiger partial charge in [-0.05, 0) is 61.8 Å². The number of rotatable bonds is 2. The van der Waals surface area contributed by atoms with Gasteiger partial charge in [0.2, 0.25) is 0 Å². The molecule has 0 radical (unpaired) electrons. The lowest BCUT2D eigenvalue weighted by Gasteiger charge is -2.28. The lowest BCUT2D eigenvalue weighted by Crippen LogP contribution is -2.42. The number of hydrogen-bond donors (Lipinski definition) is 0. The summed E-state index contributed by atoms with van der Waals surface area (Å²) in [4.78, 5) is 13.8. The first-order valence-electron chi connectivity index (χ1n) is 7.91. The van der Waals surface area contributed by atoms with Crippen molar-refractivity contribution in [2.45, 2.75) is 58.0 Å². The van der Waals surface area contributed by atoms with Gasteiger partial charge in [0.1, 0.15) is 17.5 Å². The maximum atomic E-state index is 12.9. The molecular weight excluding hydrogens is 403 g/mol. The molecule has 0 spiro atoms. The summed E-state index contributed by atoms with van der Waals surface area (Å²) in [6.07, 6.45) is -4.78. The van der Waals surface area contributed by atoms with E-state index in [0.29, 0.717) is 17.4 Å². The van der Waals surface area contributed by atoms with Gasteiger partial charge in [0.15, 0.2) is 0 Å². The number of carbonyl (C=O) groups excluding carboxylic acids is 1. The van der Waals surface area contributed by atoms with Crippen molar-refractivity contribution in [2.24, 2.45) is 0 Å². The summed E-state index contributed by atoms with van der Waals surface area (Å²) < 4.78 is 50.2. The van der Waals surface area contributed by atoms with Crippen molar-refractivity contribution in [3.63, 3.8) is 0 Å². The zero-order valence-corrected chi connectivity index (χ0v) is 16.1. The monoisotopic (exact) mass is 423 g/mol. The van der Waals surface area contributed by atoms with Crippen LogP contribution in [-0.2, 0) is 10.9 Å². The van der Waals surface area contributed by atoms with Crippen molar-refractivity contribution >= 4 is 22.0 Å². The van der Waals surface area contributed by atoms with Gasteiger partial charge in [-0.25, -0.2) is 4.79 Å². The smallest absolute Gasteiger partial charge is 0.416 e. The molecule has 2 unspecified atom stereocenters. The third kappa shape index (κ3) is 5.03. The first-order chi connectivity index (χ1) is 11.4. The molecule has 0 aromatic heterocycles. The highest BCUT2D eigenvalue weighted by Crippen LogP contribution is 2.36. The number of alkyl halides is 3. The van der Waals surface area contributed by atoms with Crippen LogP contribution in [0.3, 0.4) is 0 Å². The van der Waals surface area contributed by atoms with Gasteiger partial charge in [0, 0.05) is 13.0 Å². The van der Waals surface area contributed by atoms with Crippen LogP contribution < -0.4 is 4.74 Å². The second-order valence-corrected chi connectivity index (χ2v) is 7.86. The molecule has 25 heavy (non-hydrogen) atoms. The average Bonchev–Trinajstić information content (AvgIpc) is 2.79. The number of hydrogen-bond acceptors (Lipinski definition) is 3. The number of carbonyl (C=O) groups is 1. The van der Waals surface area contributed by atoms with E-state index in [1.807, 2.05) is 0 Å². The summed E-state index contributed by atoms with van der Waals surface area (Å²) in [5, 5.41) is 0. The molecule has 1 aromatic rings. The van der Waals surface area contributed by atoms with Gasteiger partial charge < -0.3 is 14.4 Å². The number of benzene rings is 1. The van der Waals surface area contributed by atoms with Crippen molar-refractivity contribution in [1.29, 1.82) is 0 Å². The van der Waals surface area contributed by atoms with Crippen LogP contribution in [0.5, 0.6) is 5.75 Å². The summed E-state index contributed by atoms with van der Waals surface area (Å²) in [7, 11) is 0. The van der Waals surface area contributed by atoms with E-state index in [1.165, 1.54) is 11.0 Å². The highest BCUT2D eigenvalue weighted by atomic mass is 79.9. The molecule has 140 valence electrons. The van der Waals surface area contributed by atoms with E-state index in [4.69, 9.17) is 9.47 Å². The molecule has 0 aliphatic carbocycles. The number of amides is 1. The summed E-state index contributed by atoms with van der Waals surface area (Å²) >= 11 is 3.21. The predicted molar refractivity (Wildman–Crippen MR) is 90.6 cm³/mol. The van der Waals surface area contributed by atoms with Crippen LogP contribution in [0, 0.1) is 0 Å². The molecule has 8 heteroatoms. The Morgan fingerprint density at radius 1 is 1.28 bits per heavy atom. The molecule has 2 rings (SSSR count). The zero-order valence-electron chi connectivity index (χ0n) is 14.5. The van der Waals surface area contributed by atoms with Crippen molar-refractivity contribution < 1.29 is 27.4 Å². The third-order valence-electron chi connectivity index (χ3n) is 3.85. The summed E-state index contributed by atoms with van der Waals surface area (Å²) in [6.45, 7) is 7.55. The lowest BCUT2D eigenvalue weighted by molar-refractivity contribution is -0.137. The lowest BCUT2D eigenvalue weighted by atomic mass is 10.1. The van der Waals surface area contributed by atoms with Crippen molar-refractivity contribution in [2.75, 3.05) is 6.54 Å².